The van der Waals surface area contributed by atoms with E-state index in [1.807, 2.05) is 61.5 Å². The highest BCUT2D eigenvalue weighted by molar-refractivity contribution is 5.98. The number of anilines is 1. The first kappa shape index (κ1) is 20.2. The molecule has 0 atom stereocenters. The zero-order chi connectivity index (χ0) is 22.0. The minimum Gasteiger partial charge on any atom is -0.462 e. The van der Waals surface area contributed by atoms with Crippen LogP contribution in [0, 0.1) is 13.8 Å². The van der Waals surface area contributed by atoms with Crippen molar-refractivity contribution in [2.45, 2.75) is 20.8 Å². The highest BCUT2D eigenvalue weighted by atomic mass is 16.5. The highest BCUT2D eigenvalue weighted by Crippen LogP contribution is 2.34. The molecule has 0 fully saturated rings. The van der Waals surface area contributed by atoms with Crippen molar-refractivity contribution >= 4 is 28.8 Å². The monoisotopic (exact) mass is 414 g/mol. The van der Waals surface area contributed by atoms with Gasteiger partial charge in [-0.2, -0.15) is 5.11 Å². The highest BCUT2D eigenvalue weighted by Gasteiger charge is 2.25. The van der Waals surface area contributed by atoms with Crippen LogP contribution in [0.1, 0.15) is 28.5 Å². The summed E-state index contributed by atoms with van der Waals surface area (Å²) in [5.41, 5.74) is 10.9. The molecule has 31 heavy (non-hydrogen) atoms. The fraction of sp³-hybridized carbons (Fsp3) is 0.174. The second-order valence-corrected chi connectivity index (χ2v) is 7.01. The molecule has 4 aromatic rings. The molecule has 0 aliphatic carbocycles. The molecule has 0 bridgehead atoms. The van der Waals surface area contributed by atoms with Gasteiger partial charge in [-0.25, -0.2) is 14.3 Å². The molecule has 0 amide bonds. The van der Waals surface area contributed by atoms with Gasteiger partial charge in [0, 0.05) is 5.56 Å². The van der Waals surface area contributed by atoms with E-state index in [4.69, 9.17) is 10.5 Å². The molecule has 8 nitrogen and oxygen atoms in total. The van der Waals surface area contributed by atoms with E-state index in [0.717, 1.165) is 11.1 Å². The van der Waals surface area contributed by atoms with Crippen molar-refractivity contribution in [1.29, 1.82) is 0 Å². The number of rotatable bonds is 5. The average molecular weight is 414 g/mol. The number of carbonyl (C=O) groups is 1. The van der Waals surface area contributed by atoms with E-state index in [1.165, 1.54) is 4.52 Å². The lowest BCUT2D eigenvalue weighted by atomic mass is 10.0. The Hall–Kier alpha value is -4.07. The van der Waals surface area contributed by atoms with Gasteiger partial charge in [-0.3, -0.25) is 0 Å². The lowest BCUT2D eigenvalue weighted by Crippen LogP contribution is -2.14. The van der Waals surface area contributed by atoms with E-state index in [9.17, 15) is 4.79 Å². The van der Waals surface area contributed by atoms with Crippen LogP contribution in [0.2, 0.25) is 0 Å². The molecule has 2 heterocycles. The normalized spacial score (nSPS) is 11.3. The molecule has 0 radical (unpaired) electrons. The Labute approximate surface area is 179 Å². The third-order valence-electron chi connectivity index (χ3n) is 4.77. The number of benzene rings is 2. The number of esters is 1. The second kappa shape index (κ2) is 8.35. The number of nitrogens with zero attached hydrogens (tertiary/aromatic N) is 5. The Kier molecular flexibility index (Phi) is 5.44. The van der Waals surface area contributed by atoms with Crippen molar-refractivity contribution in [3.05, 3.63) is 71.4 Å². The number of aromatic nitrogens is 3. The molecule has 2 N–H and O–H groups in total. The molecule has 0 aliphatic heterocycles. The molecule has 2 aromatic carbocycles. The SMILES string of the molecule is CCOC(=O)c1c(C)nc2c(N=Nc3ccc(C)cc3)c(N)nn2c1-c1ccccc1. The number of hydrogen-bond acceptors (Lipinski definition) is 7. The van der Waals surface area contributed by atoms with Gasteiger partial charge in [0.25, 0.3) is 0 Å². The standard InChI is InChI=1S/C23H22N6O2/c1-4-31-23(30)18-15(3)25-22-19(27-26-17-12-10-14(2)11-13-17)21(24)28-29(22)20(18)16-8-6-5-7-9-16/h5-13H,4H2,1-3H3,(H2,24,28). The summed E-state index contributed by atoms with van der Waals surface area (Å²) in [4.78, 5) is 17.3. The number of carbonyl (C=O) groups excluding carboxylic acids is 1. The topological polar surface area (TPSA) is 107 Å². The lowest BCUT2D eigenvalue weighted by Gasteiger charge is -2.13. The number of nitrogen functional groups attached to an aromatic ring is 1. The summed E-state index contributed by atoms with van der Waals surface area (Å²) in [6, 6.07) is 17.1. The smallest absolute Gasteiger partial charge is 0.342 e. The van der Waals surface area contributed by atoms with Gasteiger partial charge in [0.2, 0.25) is 0 Å². The van der Waals surface area contributed by atoms with Crippen LogP contribution in [0.15, 0.2) is 64.8 Å². The van der Waals surface area contributed by atoms with Crippen LogP contribution in [0.3, 0.4) is 0 Å². The second-order valence-electron chi connectivity index (χ2n) is 7.01. The Morgan fingerprint density at radius 2 is 1.77 bits per heavy atom. The van der Waals surface area contributed by atoms with E-state index < -0.39 is 5.97 Å². The minimum atomic E-state index is -0.467. The predicted octanol–water partition coefficient (Wildman–Crippen LogP) is 5.19. The number of azo groups is 1. The number of hydrogen-bond donors (Lipinski definition) is 1. The maximum Gasteiger partial charge on any atom is 0.342 e. The molecule has 2 aromatic heterocycles. The Morgan fingerprint density at radius 1 is 1.06 bits per heavy atom. The fourth-order valence-electron chi connectivity index (χ4n) is 3.29. The van der Waals surface area contributed by atoms with Gasteiger partial charge in [0.15, 0.2) is 17.2 Å². The van der Waals surface area contributed by atoms with Gasteiger partial charge in [-0.15, -0.1) is 10.2 Å². The van der Waals surface area contributed by atoms with E-state index in [0.29, 0.717) is 34.0 Å². The largest absolute Gasteiger partial charge is 0.462 e. The van der Waals surface area contributed by atoms with Crippen LogP contribution in [-0.4, -0.2) is 27.2 Å². The summed E-state index contributed by atoms with van der Waals surface area (Å²) < 4.78 is 6.81. The van der Waals surface area contributed by atoms with Gasteiger partial charge in [0.05, 0.1) is 23.7 Å². The summed E-state index contributed by atoms with van der Waals surface area (Å²) in [6.45, 7) is 5.77. The van der Waals surface area contributed by atoms with Gasteiger partial charge in [-0.1, -0.05) is 48.0 Å². The van der Waals surface area contributed by atoms with Crippen molar-refractivity contribution in [3.8, 4) is 11.3 Å². The van der Waals surface area contributed by atoms with E-state index in [-0.39, 0.29) is 12.4 Å². The predicted molar refractivity (Wildman–Crippen MR) is 119 cm³/mol. The lowest BCUT2D eigenvalue weighted by molar-refractivity contribution is 0.0525. The average Bonchev–Trinajstić information content (AvgIpc) is 3.07. The number of fused-ring (bicyclic) bond motifs is 1. The van der Waals surface area contributed by atoms with Crippen LogP contribution < -0.4 is 5.73 Å². The third-order valence-corrected chi connectivity index (χ3v) is 4.77. The molecule has 4 rings (SSSR count). The first-order valence-corrected chi connectivity index (χ1v) is 9.89. The van der Waals surface area contributed by atoms with Gasteiger partial charge in [-0.05, 0) is 32.9 Å². The van der Waals surface area contributed by atoms with Crippen LogP contribution in [-0.2, 0) is 4.74 Å². The molecule has 0 spiro atoms. The molecular weight excluding hydrogens is 392 g/mol. The van der Waals surface area contributed by atoms with Crippen LogP contribution in [0.4, 0.5) is 17.2 Å². The first-order valence-electron chi connectivity index (χ1n) is 9.89. The summed E-state index contributed by atoms with van der Waals surface area (Å²) in [5, 5.41) is 13.0. The quantitative estimate of drug-likeness (QED) is 0.357. The summed E-state index contributed by atoms with van der Waals surface area (Å²) >= 11 is 0. The maximum absolute atomic E-state index is 12.8. The van der Waals surface area contributed by atoms with Crippen LogP contribution in [0.25, 0.3) is 16.9 Å². The van der Waals surface area contributed by atoms with Gasteiger partial charge in [0.1, 0.15) is 5.56 Å². The van der Waals surface area contributed by atoms with E-state index >= 15 is 0 Å². The van der Waals surface area contributed by atoms with Crippen molar-refractivity contribution < 1.29 is 9.53 Å². The Morgan fingerprint density at radius 3 is 2.45 bits per heavy atom. The maximum atomic E-state index is 12.8. The summed E-state index contributed by atoms with van der Waals surface area (Å²) in [6.07, 6.45) is 0. The summed E-state index contributed by atoms with van der Waals surface area (Å²) in [5.74, 6) is -0.300. The molecule has 0 unspecified atom stereocenters. The molecular formula is C23H22N6O2. The summed E-state index contributed by atoms with van der Waals surface area (Å²) in [7, 11) is 0. The van der Waals surface area contributed by atoms with Crippen molar-refractivity contribution in [2.24, 2.45) is 10.2 Å². The Balaban J connectivity index is 1.94. The van der Waals surface area contributed by atoms with Crippen LogP contribution >= 0.6 is 0 Å². The number of nitrogens with two attached hydrogens (primary N) is 1. The fourth-order valence-corrected chi connectivity index (χ4v) is 3.29. The van der Waals surface area contributed by atoms with Gasteiger partial charge < -0.3 is 10.5 Å². The van der Waals surface area contributed by atoms with Crippen LogP contribution in [0.5, 0.6) is 0 Å². The van der Waals surface area contributed by atoms with E-state index in [1.54, 1.807) is 13.8 Å². The number of aryl methyl sites for hydroxylation is 2. The van der Waals surface area contributed by atoms with E-state index in [2.05, 4.69) is 20.3 Å². The Bertz CT molecular complexity index is 1280. The van der Waals surface area contributed by atoms with Crippen molar-refractivity contribution in [1.82, 2.24) is 14.6 Å². The molecule has 0 saturated carbocycles. The molecule has 0 saturated heterocycles. The molecule has 0 aliphatic rings. The molecule has 8 heteroatoms. The zero-order valence-corrected chi connectivity index (χ0v) is 17.5. The third kappa shape index (κ3) is 3.87. The zero-order valence-electron chi connectivity index (χ0n) is 17.5. The minimum absolute atomic E-state index is 0.168. The number of ether oxygens (including phenoxy) is 1. The van der Waals surface area contributed by atoms with Crippen molar-refractivity contribution in [3.63, 3.8) is 0 Å². The first-order chi connectivity index (χ1) is 15.0. The van der Waals surface area contributed by atoms with Crippen molar-refractivity contribution in [2.75, 3.05) is 12.3 Å². The molecule has 156 valence electrons. The van der Waals surface area contributed by atoms with Gasteiger partial charge >= 0.3 is 5.97 Å².